The van der Waals surface area contributed by atoms with Crippen molar-refractivity contribution in [3.05, 3.63) is 16.9 Å². The van der Waals surface area contributed by atoms with E-state index in [1.165, 1.54) is 0 Å². The summed E-state index contributed by atoms with van der Waals surface area (Å²) >= 11 is 3.26. The van der Waals surface area contributed by atoms with Crippen LogP contribution in [0.3, 0.4) is 0 Å². The average molecular weight is 244 g/mol. The van der Waals surface area contributed by atoms with Crippen LogP contribution in [-0.4, -0.2) is 41.1 Å². The number of halogens is 1. The summed E-state index contributed by atoms with van der Waals surface area (Å²) in [5, 5.41) is 0. The van der Waals surface area contributed by atoms with E-state index in [-0.39, 0.29) is 6.10 Å². The fraction of sp³-hybridized carbons (Fsp3) is 0.500. The molecule has 1 saturated heterocycles. The summed E-state index contributed by atoms with van der Waals surface area (Å²) < 4.78 is 6.26. The zero-order valence-electron chi connectivity index (χ0n) is 7.27. The van der Waals surface area contributed by atoms with Gasteiger partial charge in [-0.15, -0.1) is 0 Å². The van der Waals surface area contributed by atoms with Crippen LogP contribution in [0.25, 0.3) is 0 Å². The van der Waals surface area contributed by atoms with E-state index in [0.717, 1.165) is 17.7 Å². The molecular formula is C8H10BrN3O. The van der Waals surface area contributed by atoms with Crippen LogP contribution in [0, 0.1) is 0 Å². The molecule has 0 aromatic carbocycles. The van der Waals surface area contributed by atoms with Crippen molar-refractivity contribution in [2.75, 3.05) is 20.1 Å². The maximum atomic E-state index is 5.51. The first-order valence-electron chi connectivity index (χ1n) is 4.08. The first kappa shape index (κ1) is 8.90. The van der Waals surface area contributed by atoms with E-state index in [2.05, 4.69) is 37.8 Å². The Bertz CT molecular complexity index is 301. The summed E-state index contributed by atoms with van der Waals surface area (Å²) in [6, 6.07) is 2.23. The van der Waals surface area contributed by atoms with Gasteiger partial charge in [0, 0.05) is 19.3 Å². The summed E-state index contributed by atoms with van der Waals surface area (Å²) in [5.74, 6) is 0. The minimum absolute atomic E-state index is 0.249. The third-order valence-corrected chi connectivity index (χ3v) is 2.34. The highest BCUT2D eigenvalue weighted by atomic mass is 79.9. The largest absolute Gasteiger partial charge is 0.457 e. The Morgan fingerprint density at radius 1 is 1.62 bits per heavy atom. The van der Waals surface area contributed by atoms with Crippen molar-refractivity contribution in [3.8, 4) is 6.01 Å². The Hall–Kier alpha value is -0.680. The molecule has 0 aliphatic carbocycles. The maximum Gasteiger partial charge on any atom is 0.317 e. The molecule has 2 rings (SSSR count). The lowest BCUT2D eigenvalue weighted by molar-refractivity contribution is 0.0319. The van der Waals surface area contributed by atoms with Gasteiger partial charge in [-0.2, -0.15) is 4.98 Å². The molecule has 1 aromatic rings. The second-order valence-electron chi connectivity index (χ2n) is 3.12. The van der Waals surface area contributed by atoms with Crippen LogP contribution >= 0.6 is 15.9 Å². The summed E-state index contributed by atoms with van der Waals surface area (Å²) in [5.41, 5.74) is 0. The standard InChI is InChI=1S/C8H10BrN3O/c1-12-4-6(5-12)13-8-10-3-2-7(9)11-8/h2-3,6H,4-5H2,1H3. The zero-order chi connectivity index (χ0) is 9.26. The van der Waals surface area contributed by atoms with Crippen LogP contribution in [0.15, 0.2) is 16.9 Å². The number of rotatable bonds is 2. The van der Waals surface area contributed by atoms with Gasteiger partial charge in [0.15, 0.2) is 0 Å². The van der Waals surface area contributed by atoms with Crippen LogP contribution in [0.2, 0.25) is 0 Å². The topological polar surface area (TPSA) is 38.2 Å². The van der Waals surface area contributed by atoms with Crippen molar-refractivity contribution >= 4 is 15.9 Å². The molecule has 70 valence electrons. The number of nitrogens with zero attached hydrogens (tertiary/aromatic N) is 3. The Labute approximate surface area is 85.1 Å². The molecule has 0 spiro atoms. The first-order chi connectivity index (χ1) is 6.24. The molecule has 13 heavy (non-hydrogen) atoms. The molecule has 0 unspecified atom stereocenters. The van der Waals surface area contributed by atoms with Gasteiger partial charge in [0.1, 0.15) is 10.7 Å². The van der Waals surface area contributed by atoms with E-state index >= 15 is 0 Å². The van der Waals surface area contributed by atoms with Crippen LogP contribution in [0.5, 0.6) is 6.01 Å². The van der Waals surface area contributed by atoms with Gasteiger partial charge >= 0.3 is 6.01 Å². The predicted octanol–water partition coefficient (Wildman–Crippen LogP) is 0.932. The monoisotopic (exact) mass is 243 g/mol. The van der Waals surface area contributed by atoms with E-state index in [1.807, 2.05) is 0 Å². The van der Waals surface area contributed by atoms with Crippen LogP contribution < -0.4 is 4.74 Å². The second kappa shape index (κ2) is 3.59. The molecule has 4 nitrogen and oxygen atoms in total. The lowest BCUT2D eigenvalue weighted by Crippen LogP contribution is -2.51. The van der Waals surface area contributed by atoms with Gasteiger partial charge in [-0.05, 0) is 29.0 Å². The van der Waals surface area contributed by atoms with Gasteiger partial charge in [0.2, 0.25) is 0 Å². The van der Waals surface area contributed by atoms with Crippen molar-refractivity contribution < 1.29 is 4.74 Å². The molecular weight excluding hydrogens is 234 g/mol. The highest BCUT2D eigenvalue weighted by molar-refractivity contribution is 9.10. The normalized spacial score (nSPS) is 18.3. The summed E-state index contributed by atoms with van der Waals surface area (Å²) in [7, 11) is 2.06. The molecule has 1 aromatic heterocycles. The highest BCUT2D eigenvalue weighted by Gasteiger charge is 2.25. The number of likely N-dealkylation sites (N-methyl/N-ethyl adjacent to an activating group) is 1. The van der Waals surface area contributed by atoms with Crippen LogP contribution in [0.1, 0.15) is 0 Å². The van der Waals surface area contributed by atoms with E-state index in [4.69, 9.17) is 4.74 Å². The van der Waals surface area contributed by atoms with Gasteiger partial charge in [-0.1, -0.05) is 0 Å². The Balaban J connectivity index is 1.94. The molecule has 0 N–H and O–H groups in total. The molecule has 0 bridgehead atoms. The smallest absolute Gasteiger partial charge is 0.317 e. The summed E-state index contributed by atoms with van der Waals surface area (Å²) in [6.45, 7) is 1.91. The van der Waals surface area contributed by atoms with Gasteiger partial charge in [0.25, 0.3) is 0 Å². The molecule has 0 atom stereocenters. The Kier molecular flexibility index (Phi) is 2.46. The number of aromatic nitrogens is 2. The maximum absolute atomic E-state index is 5.51. The van der Waals surface area contributed by atoms with Gasteiger partial charge in [-0.25, -0.2) is 4.98 Å². The minimum atomic E-state index is 0.249. The number of hydrogen-bond donors (Lipinski definition) is 0. The van der Waals surface area contributed by atoms with Crippen LogP contribution in [-0.2, 0) is 0 Å². The minimum Gasteiger partial charge on any atom is -0.457 e. The summed E-state index contributed by atoms with van der Waals surface area (Å²) in [4.78, 5) is 10.3. The van der Waals surface area contributed by atoms with Crippen molar-refractivity contribution in [2.24, 2.45) is 0 Å². The van der Waals surface area contributed by atoms with Gasteiger partial charge in [-0.3, -0.25) is 4.90 Å². The third-order valence-electron chi connectivity index (χ3n) is 1.90. The van der Waals surface area contributed by atoms with Crippen molar-refractivity contribution in [1.82, 2.24) is 14.9 Å². The molecule has 1 aliphatic rings. The third kappa shape index (κ3) is 2.16. The number of ether oxygens (including phenoxy) is 1. The summed E-state index contributed by atoms with van der Waals surface area (Å²) in [6.07, 6.45) is 1.92. The number of hydrogen-bond acceptors (Lipinski definition) is 4. The van der Waals surface area contributed by atoms with Crippen molar-refractivity contribution in [2.45, 2.75) is 6.10 Å². The lowest BCUT2D eigenvalue weighted by Gasteiger charge is -2.35. The van der Waals surface area contributed by atoms with Crippen LogP contribution in [0.4, 0.5) is 0 Å². The second-order valence-corrected chi connectivity index (χ2v) is 3.94. The van der Waals surface area contributed by atoms with Crippen molar-refractivity contribution in [3.63, 3.8) is 0 Å². The fourth-order valence-corrected chi connectivity index (χ4v) is 1.51. The zero-order valence-corrected chi connectivity index (χ0v) is 8.86. The molecule has 0 amide bonds. The SMILES string of the molecule is CN1CC(Oc2nccc(Br)n2)C1. The molecule has 0 saturated carbocycles. The molecule has 0 radical (unpaired) electrons. The van der Waals surface area contributed by atoms with Gasteiger partial charge in [0.05, 0.1) is 0 Å². The van der Waals surface area contributed by atoms with E-state index in [1.54, 1.807) is 12.3 Å². The predicted molar refractivity (Wildman–Crippen MR) is 51.6 cm³/mol. The van der Waals surface area contributed by atoms with E-state index in [9.17, 15) is 0 Å². The quantitative estimate of drug-likeness (QED) is 0.725. The van der Waals surface area contributed by atoms with E-state index < -0.39 is 0 Å². The molecule has 1 aliphatic heterocycles. The van der Waals surface area contributed by atoms with Gasteiger partial charge < -0.3 is 4.74 Å². The molecule has 5 heteroatoms. The van der Waals surface area contributed by atoms with E-state index in [0.29, 0.717) is 6.01 Å². The Morgan fingerprint density at radius 3 is 3.00 bits per heavy atom. The highest BCUT2D eigenvalue weighted by Crippen LogP contribution is 2.14. The fourth-order valence-electron chi connectivity index (χ4n) is 1.24. The average Bonchev–Trinajstić information content (AvgIpc) is 2.01. The Morgan fingerprint density at radius 2 is 2.38 bits per heavy atom. The number of likely N-dealkylation sites (tertiary alicyclic amines) is 1. The van der Waals surface area contributed by atoms with Crippen molar-refractivity contribution in [1.29, 1.82) is 0 Å². The first-order valence-corrected chi connectivity index (χ1v) is 4.87. The lowest BCUT2D eigenvalue weighted by atomic mass is 10.2. The molecule has 1 fully saturated rings. The molecule has 2 heterocycles.